The van der Waals surface area contributed by atoms with Crippen LogP contribution in [0.2, 0.25) is 0 Å². The van der Waals surface area contributed by atoms with E-state index in [1.807, 2.05) is 24.3 Å². The van der Waals surface area contributed by atoms with Crippen LogP contribution in [-0.4, -0.2) is 31.4 Å². The summed E-state index contributed by atoms with van der Waals surface area (Å²) in [6, 6.07) is 11.4. The van der Waals surface area contributed by atoms with E-state index in [9.17, 15) is 14.7 Å². The maximum absolute atomic E-state index is 12.5. The van der Waals surface area contributed by atoms with Crippen molar-refractivity contribution in [2.45, 2.75) is 18.5 Å². The fourth-order valence-corrected chi connectivity index (χ4v) is 3.46. The first-order valence-electron chi connectivity index (χ1n) is 7.97. The topological polar surface area (TPSA) is 98.3 Å². The van der Waals surface area contributed by atoms with E-state index >= 15 is 0 Å². The molecule has 3 N–H and O–H groups in total. The highest BCUT2D eigenvalue weighted by Crippen LogP contribution is 2.43. The molecule has 1 aliphatic rings. The summed E-state index contributed by atoms with van der Waals surface area (Å²) in [6.45, 7) is 1.69. The minimum absolute atomic E-state index is 0.00288. The van der Waals surface area contributed by atoms with Gasteiger partial charge >= 0.3 is 0 Å². The number of carbonyl (C=O) groups is 1. The number of aromatic hydroxyl groups is 1. The molecule has 0 aliphatic carbocycles. The van der Waals surface area contributed by atoms with Crippen LogP contribution in [0.15, 0.2) is 47.3 Å². The van der Waals surface area contributed by atoms with Gasteiger partial charge in [0, 0.05) is 17.3 Å². The number of fused-ring (bicyclic) bond motifs is 1. The Hall–Kier alpha value is -2.90. The Morgan fingerprint density at radius 2 is 2.00 bits per heavy atom. The number of halogens is 1. The quantitative estimate of drug-likeness (QED) is 0.484. The number of nitrogens with zero attached hydrogens (tertiary/aromatic N) is 2. The molecule has 1 saturated heterocycles. The number of ketones is 1. The first-order valence-corrected chi connectivity index (χ1v) is 8.41. The fourth-order valence-electron chi connectivity index (χ4n) is 3.18. The zero-order valence-corrected chi connectivity index (χ0v) is 14.5. The number of hydrogen-bond donors (Lipinski definition) is 3. The van der Waals surface area contributed by atoms with E-state index in [4.69, 9.17) is 11.6 Å². The summed E-state index contributed by atoms with van der Waals surface area (Å²) in [5.74, 6) is -0.0678. The van der Waals surface area contributed by atoms with Crippen LogP contribution in [0.4, 0.5) is 5.95 Å². The summed E-state index contributed by atoms with van der Waals surface area (Å²) in [7, 11) is 0. The average Bonchev–Trinajstić information content (AvgIpc) is 2.62. The first-order chi connectivity index (χ1) is 12.5. The van der Waals surface area contributed by atoms with Gasteiger partial charge in [-0.3, -0.25) is 20.0 Å². The molecule has 0 bridgehead atoms. The molecule has 7 nitrogen and oxygen atoms in total. The van der Waals surface area contributed by atoms with Crippen molar-refractivity contribution < 1.29 is 9.90 Å². The standard InChI is InChI=1S/C18H15ClN4O3/c1-9-8-13(25)21-18(20-9)22-23-15(16(26)17(23)19)14-11-5-3-2-4-10(11)6-7-12(14)24/h2-8,15,17,24H,1H3,(H2,20,21,22,25)/t15-,17-/m1/s1. The van der Waals surface area contributed by atoms with Gasteiger partial charge in [-0.25, -0.2) is 4.98 Å². The largest absolute Gasteiger partial charge is 0.508 e. The highest BCUT2D eigenvalue weighted by Gasteiger charge is 2.49. The number of Topliss-reactive ketones (excluding diaryl/α,β-unsaturated/α-hetero) is 1. The minimum Gasteiger partial charge on any atom is -0.508 e. The third kappa shape index (κ3) is 2.61. The fraction of sp³-hybridized carbons (Fsp3) is 0.167. The van der Waals surface area contributed by atoms with Gasteiger partial charge in [-0.1, -0.05) is 41.9 Å². The Bertz CT molecular complexity index is 1080. The number of nitrogens with one attached hydrogen (secondary N) is 2. The maximum Gasteiger partial charge on any atom is 0.252 e. The van der Waals surface area contributed by atoms with Crippen LogP contribution in [0.5, 0.6) is 5.75 Å². The molecule has 0 saturated carbocycles. The average molecular weight is 371 g/mol. The third-order valence-corrected chi connectivity index (χ3v) is 4.78. The van der Waals surface area contributed by atoms with Gasteiger partial charge in [0.15, 0.2) is 11.3 Å². The Balaban J connectivity index is 1.77. The first kappa shape index (κ1) is 16.6. The number of phenolic OH excluding ortho intramolecular Hbond substituents is 1. The summed E-state index contributed by atoms with van der Waals surface area (Å²) in [6.07, 6.45) is 0. The molecule has 0 unspecified atom stereocenters. The molecule has 4 rings (SSSR count). The van der Waals surface area contributed by atoms with Crippen molar-refractivity contribution in [3.05, 3.63) is 64.1 Å². The molecule has 3 aromatic rings. The second-order valence-corrected chi connectivity index (χ2v) is 6.53. The summed E-state index contributed by atoms with van der Waals surface area (Å²) >= 11 is 6.16. The number of phenols is 1. The van der Waals surface area contributed by atoms with Gasteiger partial charge in [-0.2, -0.15) is 5.01 Å². The van der Waals surface area contributed by atoms with Crippen molar-refractivity contribution in [1.29, 1.82) is 0 Å². The van der Waals surface area contributed by atoms with Gasteiger partial charge < -0.3 is 5.11 Å². The molecular weight excluding hydrogens is 356 g/mol. The number of hydrazine groups is 1. The van der Waals surface area contributed by atoms with Crippen LogP contribution < -0.4 is 11.0 Å². The van der Waals surface area contributed by atoms with E-state index in [2.05, 4.69) is 15.4 Å². The lowest BCUT2D eigenvalue weighted by Crippen LogP contribution is -2.59. The normalized spacial score (nSPS) is 20.2. The Morgan fingerprint density at radius 1 is 1.23 bits per heavy atom. The van der Waals surface area contributed by atoms with Crippen LogP contribution in [-0.2, 0) is 4.79 Å². The monoisotopic (exact) mass is 370 g/mol. The lowest BCUT2D eigenvalue weighted by atomic mass is 9.90. The van der Waals surface area contributed by atoms with E-state index in [-0.39, 0.29) is 23.0 Å². The minimum atomic E-state index is -0.941. The lowest BCUT2D eigenvalue weighted by molar-refractivity contribution is -0.137. The maximum atomic E-state index is 12.5. The number of carbonyl (C=O) groups excluding carboxylic acids is 1. The number of aromatic nitrogens is 2. The third-order valence-electron chi connectivity index (χ3n) is 4.35. The van der Waals surface area contributed by atoms with Crippen molar-refractivity contribution in [1.82, 2.24) is 15.0 Å². The SMILES string of the molecule is Cc1cc(=O)[nH]c(NN2[C@@H](Cl)C(=O)[C@H]2c2c(O)ccc3ccccc23)n1. The van der Waals surface area contributed by atoms with Gasteiger partial charge in [0.1, 0.15) is 11.8 Å². The zero-order chi connectivity index (χ0) is 18.4. The number of aromatic amines is 1. The summed E-state index contributed by atoms with van der Waals surface area (Å²) in [4.78, 5) is 30.8. The summed E-state index contributed by atoms with van der Waals surface area (Å²) in [5.41, 5.74) is 2.62. The highest BCUT2D eigenvalue weighted by atomic mass is 35.5. The van der Waals surface area contributed by atoms with Crippen LogP contribution in [0.25, 0.3) is 10.8 Å². The predicted octanol–water partition coefficient (Wildman–Crippen LogP) is 2.45. The van der Waals surface area contributed by atoms with Crippen molar-refractivity contribution in [3.8, 4) is 5.75 Å². The van der Waals surface area contributed by atoms with E-state index in [1.54, 1.807) is 19.1 Å². The summed E-state index contributed by atoms with van der Waals surface area (Å²) in [5, 5.41) is 13.5. The molecule has 0 radical (unpaired) electrons. The van der Waals surface area contributed by atoms with Crippen LogP contribution in [0.3, 0.4) is 0 Å². The smallest absolute Gasteiger partial charge is 0.252 e. The van der Waals surface area contributed by atoms with Crippen molar-refractivity contribution in [2.24, 2.45) is 0 Å². The molecule has 2 heterocycles. The lowest BCUT2D eigenvalue weighted by Gasteiger charge is -2.43. The molecule has 2 atom stereocenters. The zero-order valence-electron chi connectivity index (χ0n) is 13.7. The van der Waals surface area contributed by atoms with Gasteiger partial charge in [0.2, 0.25) is 5.95 Å². The number of aryl methyl sites for hydroxylation is 1. The van der Waals surface area contributed by atoms with Crippen LogP contribution in [0, 0.1) is 6.92 Å². The molecule has 132 valence electrons. The number of benzene rings is 2. The van der Waals surface area contributed by atoms with Gasteiger partial charge in [-0.05, 0) is 23.8 Å². The van der Waals surface area contributed by atoms with E-state index in [1.165, 1.54) is 11.1 Å². The Labute approximate surface area is 153 Å². The molecular formula is C18H15ClN4O3. The second kappa shape index (κ2) is 6.12. The van der Waals surface area contributed by atoms with E-state index in [0.29, 0.717) is 11.3 Å². The molecule has 2 aromatic carbocycles. The molecule has 1 aromatic heterocycles. The number of H-pyrrole nitrogens is 1. The Morgan fingerprint density at radius 3 is 2.77 bits per heavy atom. The van der Waals surface area contributed by atoms with E-state index in [0.717, 1.165) is 10.8 Å². The molecule has 1 fully saturated rings. The number of alkyl halides is 1. The number of rotatable bonds is 3. The van der Waals surface area contributed by atoms with Gasteiger partial charge in [0.05, 0.1) is 0 Å². The molecule has 8 heteroatoms. The van der Waals surface area contributed by atoms with E-state index < -0.39 is 11.5 Å². The van der Waals surface area contributed by atoms with Crippen molar-refractivity contribution >= 4 is 34.1 Å². The number of hydrogen-bond acceptors (Lipinski definition) is 6. The van der Waals surface area contributed by atoms with Crippen molar-refractivity contribution in [3.63, 3.8) is 0 Å². The molecule has 26 heavy (non-hydrogen) atoms. The van der Waals surface area contributed by atoms with Gasteiger partial charge in [-0.15, -0.1) is 0 Å². The number of anilines is 1. The molecule has 1 aliphatic heterocycles. The van der Waals surface area contributed by atoms with Crippen LogP contribution >= 0.6 is 11.6 Å². The molecule has 0 spiro atoms. The van der Waals surface area contributed by atoms with Gasteiger partial charge in [0.25, 0.3) is 5.56 Å². The van der Waals surface area contributed by atoms with Crippen molar-refractivity contribution in [2.75, 3.05) is 5.43 Å². The predicted molar refractivity (Wildman–Crippen MR) is 98.1 cm³/mol. The second-order valence-electron chi connectivity index (χ2n) is 6.11. The summed E-state index contributed by atoms with van der Waals surface area (Å²) < 4.78 is 0. The molecule has 0 amide bonds. The Kier molecular flexibility index (Phi) is 3.90. The van der Waals surface area contributed by atoms with Crippen LogP contribution in [0.1, 0.15) is 17.3 Å². The highest BCUT2D eigenvalue weighted by molar-refractivity contribution is 6.34.